The highest BCUT2D eigenvalue weighted by atomic mass is 35.5. The molecule has 1 rings (SSSR count). The van der Waals surface area contributed by atoms with Gasteiger partial charge in [-0.05, 0) is 17.9 Å². The van der Waals surface area contributed by atoms with Crippen LogP contribution in [-0.2, 0) is 5.72 Å². The first kappa shape index (κ1) is 15.7. The first-order valence-corrected chi connectivity index (χ1v) is 6.07. The van der Waals surface area contributed by atoms with Crippen molar-refractivity contribution in [3.63, 3.8) is 0 Å². The maximum Gasteiger partial charge on any atom is 0.294 e. The zero-order valence-corrected chi connectivity index (χ0v) is 11.9. The van der Waals surface area contributed by atoms with Crippen LogP contribution in [0.5, 0.6) is 0 Å². The summed E-state index contributed by atoms with van der Waals surface area (Å²) in [7, 11) is 0. The van der Waals surface area contributed by atoms with Gasteiger partial charge in [0.15, 0.2) is 0 Å². The number of aliphatic hydroxyl groups is 1. The fourth-order valence-corrected chi connectivity index (χ4v) is 2.13. The lowest BCUT2D eigenvalue weighted by molar-refractivity contribution is -0.384. The van der Waals surface area contributed by atoms with Gasteiger partial charge in [0, 0.05) is 11.6 Å². The number of nitrogens with two attached hydrogens (primary N) is 2. The molecule has 106 valence electrons. The van der Waals surface area contributed by atoms with Crippen LogP contribution in [0.1, 0.15) is 32.8 Å². The lowest BCUT2D eigenvalue weighted by Crippen LogP contribution is -2.40. The van der Waals surface area contributed by atoms with Crippen molar-refractivity contribution < 1.29 is 10.0 Å². The number of rotatable bonds is 3. The number of halogens is 1. The van der Waals surface area contributed by atoms with E-state index in [2.05, 4.69) is 0 Å². The Morgan fingerprint density at radius 3 is 2.37 bits per heavy atom. The zero-order valence-electron chi connectivity index (χ0n) is 11.1. The van der Waals surface area contributed by atoms with Gasteiger partial charge < -0.3 is 10.8 Å². The molecular formula is C12H18ClN3O3. The number of nitro groups is 1. The van der Waals surface area contributed by atoms with E-state index in [9.17, 15) is 15.2 Å². The highest BCUT2D eigenvalue weighted by Crippen LogP contribution is 2.37. The third-order valence-electron chi connectivity index (χ3n) is 2.60. The maximum absolute atomic E-state index is 10.9. The molecule has 0 aliphatic heterocycles. The molecule has 1 aromatic carbocycles. The SMILES string of the molecule is CC(C)(C)CC(N)(O)c1cc(Cl)c(N)c([N+](=O)[O-])c1. The Balaban J connectivity index is 3.32. The second-order valence-corrected chi connectivity index (χ2v) is 6.22. The topological polar surface area (TPSA) is 115 Å². The Labute approximate surface area is 116 Å². The molecule has 1 atom stereocenters. The molecule has 0 aliphatic rings. The molecule has 1 unspecified atom stereocenters. The number of benzene rings is 1. The van der Waals surface area contributed by atoms with Crippen LogP contribution in [0.4, 0.5) is 11.4 Å². The van der Waals surface area contributed by atoms with Gasteiger partial charge in [0.1, 0.15) is 11.4 Å². The summed E-state index contributed by atoms with van der Waals surface area (Å²) in [6.45, 7) is 5.70. The van der Waals surface area contributed by atoms with Crippen LogP contribution in [0.2, 0.25) is 5.02 Å². The fourth-order valence-electron chi connectivity index (χ4n) is 1.91. The van der Waals surface area contributed by atoms with Crippen molar-refractivity contribution in [3.8, 4) is 0 Å². The Hall–Kier alpha value is -1.37. The van der Waals surface area contributed by atoms with E-state index in [4.69, 9.17) is 23.1 Å². The number of hydrogen-bond donors (Lipinski definition) is 3. The quantitative estimate of drug-likeness (QED) is 0.341. The third-order valence-corrected chi connectivity index (χ3v) is 2.92. The molecule has 0 saturated heterocycles. The first-order chi connectivity index (χ1) is 8.44. The first-order valence-electron chi connectivity index (χ1n) is 5.69. The molecule has 0 radical (unpaired) electrons. The van der Waals surface area contributed by atoms with Gasteiger partial charge in [0.2, 0.25) is 0 Å². The smallest absolute Gasteiger partial charge is 0.294 e. The summed E-state index contributed by atoms with van der Waals surface area (Å²) in [6.07, 6.45) is 0.220. The van der Waals surface area contributed by atoms with E-state index in [1.165, 1.54) is 6.07 Å². The Bertz CT molecular complexity index is 510. The largest absolute Gasteiger partial charge is 0.392 e. The predicted octanol–water partition coefficient (Wildman–Crippen LogP) is 2.37. The molecule has 0 fully saturated rings. The highest BCUT2D eigenvalue weighted by molar-refractivity contribution is 6.33. The average molecular weight is 288 g/mol. The lowest BCUT2D eigenvalue weighted by Gasteiger charge is -2.31. The van der Waals surface area contributed by atoms with Gasteiger partial charge >= 0.3 is 0 Å². The number of nitro benzene ring substituents is 1. The standard InChI is InChI=1S/C12H18ClN3O3/c1-11(2,3)6-12(15,17)7-4-8(13)10(14)9(5-7)16(18)19/h4-5,17H,6,14-15H2,1-3H3. The maximum atomic E-state index is 10.9. The summed E-state index contributed by atoms with van der Waals surface area (Å²) in [5, 5.41) is 21.2. The number of nitrogens with zero attached hydrogens (tertiary/aromatic N) is 1. The van der Waals surface area contributed by atoms with Crippen LogP contribution in [0, 0.1) is 15.5 Å². The average Bonchev–Trinajstić information content (AvgIpc) is 2.17. The summed E-state index contributed by atoms with van der Waals surface area (Å²) < 4.78 is 0. The molecular weight excluding hydrogens is 270 g/mol. The fraction of sp³-hybridized carbons (Fsp3) is 0.500. The van der Waals surface area contributed by atoms with E-state index in [1.807, 2.05) is 20.8 Å². The van der Waals surface area contributed by atoms with Gasteiger partial charge in [-0.15, -0.1) is 0 Å². The molecule has 0 spiro atoms. The lowest BCUT2D eigenvalue weighted by atomic mass is 9.83. The van der Waals surface area contributed by atoms with Crippen molar-refractivity contribution in [1.29, 1.82) is 0 Å². The Morgan fingerprint density at radius 2 is 1.95 bits per heavy atom. The van der Waals surface area contributed by atoms with Crippen LogP contribution in [0.25, 0.3) is 0 Å². The predicted molar refractivity (Wildman–Crippen MR) is 74.7 cm³/mol. The third kappa shape index (κ3) is 3.79. The van der Waals surface area contributed by atoms with Crippen molar-refractivity contribution in [2.75, 3.05) is 5.73 Å². The molecule has 7 heteroatoms. The molecule has 6 nitrogen and oxygen atoms in total. The Morgan fingerprint density at radius 1 is 1.42 bits per heavy atom. The molecule has 0 heterocycles. The Kier molecular flexibility index (Phi) is 4.09. The number of hydrogen-bond acceptors (Lipinski definition) is 5. The van der Waals surface area contributed by atoms with Crippen LogP contribution in [0.3, 0.4) is 0 Å². The van der Waals surface area contributed by atoms with Gasteiger partial charge in [-0.25, -0.2) is 0 Å². The molecule has 0 bridgehead atoms. The van der Waals surface area contributed by atoms with Gasteiger partial charge in [-0.3, -0.25) is 15.8 Å². The van der Waals surface area contributed by atoms with Crippen molar-refractivity contribution in [2.24, 2.45) is 11.1 Å². The summed E-state index contributed by atoms with van der Waals surface area (Å²) in [6, 6.07) is 2.52. The minimum absolute atomic E-state index is 0.00184. The van der Waals surface area contributed by atoms with E-state index in [0.717, 1.165) is 6.07 Å². The molecule has 0 amide bonds. The molecule has 19 heavy (non-hydrogen) atoms. The van der Waals surface area contributed by atoms with Crippen molar-refractivity contribution in [2.45, 2.75) is 32.9 Å². The molecule has 5 N–H and O–H groups in total. The van der Waals surface area contributed by atoms with E-state index in [-0.39, 0.29) is 33.8 Å². The van der Waals surface area contributed by atoms with Crippen molar-refractivity contribution in [1.82, 2.24) is 0 Å². The minimum Gasteiger partial charge on any atom is -0.392 e. The molecule has 1 aromatic rings. The van der Waals surface area contributed by atoms with Crippen molar-refractivity contribution in [3.05, 3.63) is 32.8 Å². The van der Waals surface area contributed by atoms with Crippen LogP contribution >= 0.6 is 11.6 Å². The monoisotopic (exact) mass is 287 g/mol. The highest BCUT2D eigenvalue weighted by Gasteiger charge is 2.32. The van der Waals surface area contributed by atoms with E-state index < -0.39 is 10.6 Å². The summed E-state index contributed by atoms with van der Waals surface area (Å²) in [4.78, 5) is 10.2. The zero-order chi connectivity index (χ0) is 15.0. The van der Waals surface area contributed by atoms with Crippen LogP contribution < -0.4 is 11.5 Å². The summed E-state index contributed by atoms with van der Waals surface area (Å²) in [5.74, 6) is 0. The van der Waals surface area contributed by atoms with E-state index in [0.29, 0.717) is 0 Å². The second kappa shape index (κ2) is 4.96. The van der Waals surface area contributed by atoms with Gasteiger partial charge in [-0.1, -0.05) is 32.4 Å². The van der Waals surface area contributed by atoms with Crippen molar-refractivity contribution >= 4 is 23.0 Å². The van der Waals surface area contributed by atoms with Gasteiger partial charge in [0.25, 0.3) is 5.69 Å². The second-order valence-electron chi connectivity index (χ2n) is 5.81. The summed E-state index contributed by atoms with van der Waals surface area (Å²) in [5.41, 5.74) is 9.08. The molecule has 0 aromatic heterocycles. The van der Waals surface area contributed by atoms with Crippen LogP contribution in [-0.4, -0.2) is 10.0 Å². The minimum atomic E-state index is -1.71. The van der Waals surface area contributed by atoms with Crippen LogP contribution in [0.15, 0.2) is 12.1 Å². The molecule has 0 aliphatic carbocycles. The van der Waals surface area contributed by atoms with E-state index >= 15 is 0 Å². The van der Waals surface area contributed by atoms with E-state index in [1.54, 1.807) is 0 Å². The molecule has 0 saturated carbocycles. The number of anilines is 1. The van der Waals surface area contributed by atoms with Gasteiger partial charge in [-0.2, -0.15) is 0 Å². The summed E-state index contributed by atoms with van der Waals surface area (Å²) >= 11 is 5.84. The normalized spacial score (nSPS) is 15.1. The van der Waals surface area contributed by atoms with Gasteiger partial charge in [0.05, 0.1) is 9.95 Å². The number of nitrogen functional groups attached to an aromatic ring is 1.